The highest BCUT2D eigenvalue weighted by molar-refractivity contribution is 7.92. The first-order valence-electron chi connectivity index (χ1n) is 8.21. The van der Waals surface area contributed by atoms with Crippen LogP contribution in [0.1, 0.15) is 11.1 Å². The molecule has 2 rings (SSSR count). The number of nitriles is 1. The number of benzene rings is 2. The van der Waals surface area contributed by atoms with Crippen molar-refractivity contribution in [1.82, 2.24) is 5.32 Å². The van der Waals surface area contributed by atoms with E-state index < -0.39 is 15.9 Å². The quantitative estimate of drug-likeness (QED) is 0.743. The molecule has 2 aromatic rings. The fraction of sp³-hybridized carbons (Fsp3) is 0.263. The van der Waals surface area contributed by atoms with Gasteiger partial charge in [-0.15, -0.1) is 0 Å². The second kappa shape index (κ2) is 9.05. The molecule has 27 heavy (non-hydrogen) atoms. The molecule has 2 aromatic carbocycles. The summed E-state index contributed by atoms with van der Waals surface area (Å²) >= 11 is 0. The van der Waals surface area contributed by atoms with Crippen molar-refractivity contribution in [3.63, 3.8) is 0 Å². The number of methoxy groups -OCH3 is 1. The van der Waals surface area contributed by atoms with Gasteiger partial charge in [0.05, 0.1) is 30.7 Å². The summed E-state index contributed by atoms with van der Waals surface area (Å²) in [4.78, 5) is 12.2. The van der Waals surface area contributed by atoms with E-state index in [0.717, 1.165) is 21.9 Å². The van der Waals surface area contributed by atoms with Crippen molar-refractivity contribution in [3.8, 4) is 11.8 Å². The Morgan fingerprint density at radius 3 is 2.52 bits per heavy atom. The van der Waals surface area contributed by atoms with E-state index >= 15 is 0 Å². The van der Waals surface area contributed by atoms with Gasteiger partial charge in [-0.2, -0.15) is 5.26 Å². The third-order valence-electron chi connectivity index (χ3n) is 3.85. The molecule has 7 nitrogen and oxygen atoms in total. The second-order valence-electron chi connectivity index (χ2n) is 5.88. The molecule has 0 aromatic heterocycles. The molecule has 0 unspecified atom stereocenters. The number of amides is 1. The molecule has 0 heterocycles. The van der Waals surface area contributed by atoms with Gasteiger partial charge in [0.15, 0.2) is 0 Å². The van der Waals surface area contributed by atoms with E-state index in [9.17, 15) is 13.2 Å². The monoisotopic (exact) mass is 387 g/mol. The average Bonchev–Trinajstić information content (AvgIpc) is 2.66. The minimum absolute atomic E-state index is 0.279. The normalized spacial score (nSPS) is 10.7. The Hall–Kier alpha value is -3.05. The molecule has 0 spiro atoms. The summed E-state index contributed by atoms with van der Waals surface area (Å²) in [7, 11) is -2.08. The maximum absolute atomic E-state index is 12.2. The predicted octanol–water partition coefficient (Wildman–Crippen LogP) is 1.69. The second-order valence-corrected chi connectivity index (χ2v) is 7.79. The average molecular weight is 387 g/mol. The van der Waals surface area contributed by atoms with E-state index in [4.69, 9.17) is 10.00 Å². The number of nitrogens with one attached hydrogen (secondary N) is 1. The lowest BCUT2D eigenvalue weighted by Crippen LogP contribution is -2.41. The molecule has 0 bridgehead atoms. The van der Waals surface area contributed by atoms with Crippen molar-refractivity contribution in [2.75, 3.05) is 30.8 Å². The Bertz CT molecular complexity index is 934. The first-order chi connectivity index (χ1) is 12.8. The summed E-state index contributed by atoms with van der Waals surface area (Å²) < 4.78 is 30.2. The Balaban J connectivity index is 1.98. The van der Waals surface area contributed by atoms with Crippen LogP contribution in [0.25, 0.3) is 0 Å². The zero-order chi connectivity index (χ0) is 19.9. The number of carbonyl (C=O) groups is 1. The standard InChI is InChI=1S/C19H21N3O4S/c1-26-18-8-6-15(7-9-18)10-11-21-19(23)14-22(27(2,24)25)17-5-3-4-16(12-17)13-20/h3-9,12H,10-11,14H2,1-2H3,(H,21,23). The first-order valence-corrected chi connectivity index (χ1v) is 10.1. The van der Waals surface area contributed by atoms with Gasteiger partial charge in [-0.05, 0) is 42.3 Å². The number of carbonyl (C=O) groups excluding carboxylic acids is 1. The molecule has 0 radical (unpaired) electrons. The van der Waals surface area contributed by atoms with Crippen molar-refractivity contribution >= 4 is 21.6 Å². The van der Waals surface area contributed by atoms with Gasteiger partial charge in [0, 0.05) is 6.54 Å². The highest BCUT2D eigenvalue weighted by atomic mass is 32.2. The largest absolute Gasteiger partial charge is 0.497 e. The minimum Gasteiger partial charge on any atom is -0.497 e. The fourth-order valence-corrected chi connectivity index (χ4v) is 3.30. The minimum atomic E-state index is -3.67. The van der Waals surface area contributed by atoms with Gasteiger partial charge in [0.1, 0.15) is 12.3 Å². The maximum Gasteiger partial charge on any atom is 0.240 e. The van der Waals surface area contributed by atoms with Crippen molar-refractivity contribution < 1.29 is 17.9 Å². The first kappa shape index (κ1) is 20.3. The number of nitrogens with zero attached hydrogens (tertiary/aromatic N) is 2. The SMILES string of the molecule is COc1ccc(CCNC(=O)CN(c2cccc(C#N)c2)S(C)(=O)=O)cc1. The maximum atomic E-state index is 12.2. The van der Waals surface area contributed by atoms with Crippen molar-refractivity contribution in [3.05, 3.63) is 59.7 Å². The molecule has 8 heteroatoms. The van der Waals surface area contributed by atoms with Crippen LogP contribution in [0.15, 0.2) is 48.5 Å². The molecule has 142 valence electrons. The predicted molar refractivity (Wildman–Crippen MR) is 103 cm³/mol. The van der Waals surface area contributed by atoms with Crippen LogP contribution < -0.4 is 14.4 Å². The number of ether oxygens (including phenoxy) is 1. The van der Waals surface area contributed by atoms with E-state index in [-0.39, 0.29) is 12.2 Å². The summed E-state index contributed by atoms with van der Waals surface area (Å²) in [5.74, 6) is 0.336. The number of hydrogen-bond acceptors (Lipinski definition) is 5. The lowest BCUT2D eigenvalue weighted by atomic mass is 10.1. The van der Waals surface area contributed by atoms with E-state index in [1.54, 1.807) is 25.3 Å². The van der Waals surface area contributed by atoms with E-state index in [1.807, 2.05) is 30.3 Å². The van der Waals surface area contributed by atoms with Crippen LogP contribution in [0.4, 0.5) is 5.69 Å². The van der Waals surface area contributed by atoms with Gasteiger partial charge >= 0.3 is 0 Å². The summed E-state index contributed by atoms with van der Waals surface area (Å²) in [5.41, 5.74) is 1.63. The van der Waals surface area contributed by atoms with Crippen LogP contribution in [0.3, 0.4) is 0 Å². The van der Waals surface area contributed by atoms with Gasteiger partial charge in [0.2, 0.25) is 15.9 Å². The third kappa shape index (κ3) is 6.01. The fourth-order valence-electron chi connectivity index (χ4n) is 2.46. The topological polar surface area (TPSA) is 99.5 Å². The van der Waals surface area contributed by atoms with E-state index in [0.29, 0.717) is 18.5 Å². The lowest BCUT2D eigenvalue weighted by molar-refractivity contribution is -0.119. The molecule has 0 fully saturated rings. The highest BCUT2D eigenvalue weighted by Gasteiger charge is 2.21. The molecule has 0 saturated carbocycles. The van der Waals surface area contributed by atoms with Crippen molar-refractivity contribution in [2.45, 2.75) is 6.42 Å². The van der Waals surface area contributed by atoms with Crippen LogP contribution in [-0.2, 0) is 21.2 Å². The molecule has 0 saturated heterocycles. The lowest BCUT2D eigenvalue weighted by Gasteiger charge is -2.22. The molecule has 1 N–H and O–H groups in total. The highest BCUT2D eigenvalue weighted by Crippen LogP contribution is 2.18. The van der Waals surface area contributed by atoms with Gasteiger partial charge in [0.25, 0.3) is 0 Å². The summed E-state index contributed by atoms with van der Waals surface area (Å²) in [6.45, 7) is 0.0251. The Kier molecular flexibility index (Phi) is 6.79. The summed E-state index contributed by atoms with van der Waals surface area (Å²) in [6, 6.07) is 15.6. The van der Waals surface area contributed by atoms with Crippen LogP contribution >= 0.6 is 0 Å². The van der Waals surface area contributed by atoms with Crippen LogP contribution in [0, 0.1) is 11.3 Å². The molecular formula is C19H21N3O4S. The molecule has 1 amide bonds. The zero-order valence-electron chi connectivity index (χ0n) is 15.2. The van der Waals surface area contributed by atoms with E-state index in [2.05, 4.69) is 5.32 Å². The number of hydrogen-bond donors (Lipinski definition) is 1. The molecular weight excluding hydrogens is 366 g/mol. The Morgan fingerprint density at radius 2 is 1.93 bits per heavy atom. The number of anilines is 1. The zero-order valence-corrected chi connectivity index (χ0v) is 16.0. The molecule has 0 aliphatic carbocycles. The van der Waals surface area contributed by atoms with Crippen LogP contribution in [0.2, 0.25) is 0 Å². The van der Waals surface area contributed by atoms with Crippen LogP contribution in [0.5, 0.6) is 5.75 Å². The van der Waals surface area contributed by atoms with Gasteiger partial charge < -0.3 is 10.1 Å². The Labute approximate surface area is 159 Å². The number of sulfonamides is 1. The van der Waals surface area contributed by atoms with Crippen LogP contribution in [-0.4, -0.2) is 40.8 Å². The summed E-state index contributed by atoms with van der Waals surface area (Å²) in [5, 5.41) is 11.7. The molecule has 0 aliphatic rings. The van der Waals surface area contributed by atoms with E-state index in [1.165, 1.54) is 6.07 Å². The molecule has 0 aliphatic heterocycles. The molecule has 0 atom stereocenters. The summed E-state index contributed by atoms with van der Waals surface area (Å²) in [6.07, 6.45) is 1.63. The van der Waals surface area contributed by atoms with Crippen molar-refractivity contribution in [1.29, 1.82) is 5.26 Å². The van der Waals surface area contributed by atoms with Crippen molar-refractivity contribution in [2.24, 2.45) is 0 Å². The van der Waals surface area contributed by atoms with Gasteiger partial charge in [-0.25, -0.2) is 8.42 Å². The third-order valence-corrected chi connectivity index (χ3v) is 4.99. The smallest absolute Gasteiger partial charge is 0.240 e. The number of rotatable bonds is 8. The Morgan fingerprint density at radius 1 is 1.22 bits per heavy atom. The van der Waals surface area contributed by atoms with Gasteiger partial charge in [-0.1, -0.05) is 18.2 Å². The van der Waals surface area contributed by atoms with Gasteiger partial charge in [-0.3, -0.25) is 9.10 Å².